The third kappa shape index (κ3) is 3.94. The van der Waals surface area contributed by atoms with Crippen molar-refractivity contribution < 1.29 is 14.6 Å². The summed E-state index contributed by atoms with van der Waals surface area (Å²) in [5.41, 5.74) is 0. The van der Waals surface area contributed by atoms with Crippen LogP contribution in [-0.2, 0) is 9.53 Å². The van der Waals surface area contributed by atoms with Gasteiger partial charge in [0.25, 0.3) is 5.91 Å². The summed E-state index contributed by atoms with van der Waals surface area (Å²) in [7, 11) is 0. The lowest BCUT2D eigenvalue weighted by atomic mass is 10.1. The van der Waals surface area contributed by atoms with Crippen LogP contribution in [-0.4, -0.2) is 60.9 Å². The predicted octanol–water partition coefficient (Wildman–Crippen LogP) is -0.0157. The lowest BCUT2D eigenvalue weighted by Crippen LogP contribution is -2.52. The number of rotatable bonds is 6. The van der Waals surface area contributed by atoms with Crippen molar-refractivity contribution in [1.82, 2.24) is 10.2 Å². The number of morpholine rings is 1. The molecule has 1 rings (SSSR count). The SMILES string of the molecule is CCC(CC)N(CCO)C(=O)C1CNCCO1. The number of carbonyl (C=O) groups is 1. The number of amides is 1. The van der Waals surface area contributed by atoms with Crippen LogP contribution in [0.5, 0.6) is 0 Å². The van der Waals surface area contributed by atoms with Gasteiger partial charge in [0.1, 0.15) is 6.10 Å². The molecule has 0 aromatic carbocycles. The van der Waals surface area contributed by atoms with E-state index in [9.17, 15) is 4.79 Å². The molecule has 0 radical (unpaired) electrons. The maximum Gasteiger partial charge on any atom is 0.253 e. The van der Waals surface area contributed by atoms with Crippen LogP contribution >= 0.6 is 0 Å². The van der Waals surface area contributed by atoms with Gasteiger partial charge < -0.3 is 20.1 Å². The van der Waals surface area contributed by atoms with Crippen LogP contribution in [0.1, 0.15) is 26.7 Å². The maximum absolute atomic E-state index is 12.3. The number of hydrogen-bond donors (Lipinski definition) is 2. The summed E-state index contributed by atoms with van der Waals surface area (Å²) in [4.78, 5) is 14.1. The van der Waals surface area contributed by atoms with E-state index in [1.165, 1.54) is 0 Å². The van der Waals surface area contributed by atoms with Crippen LogP contribution in [0, 0.1) is 0 Å². The summed E-state index contributed by atoms with van der Waals surface area (Å²) in [6.07, 6.45) is 1.42. The normalized spacial score (nSPS) is 20.6. The number of aliphatic hydroxyl groups excluding tert-OH is 1. The second-order valence-corrected chi connectivity index (χ2v) is 4.29. The zero-order valence-corrected chi connectivity index (χ0v) is 10.8. The second-order valence-electron chi connectivity index (χ2n) is 4.29. The van der Waals surface area contributed by atoms with Gasteiger partial charge in [-0.3, -0.25) is 4.79 Å². The standard InChI is InChI=1S/C12H24N2O3/c1-3-10(4-2)14(6-7-15)12(16)11-9-13-5-8-17-11/h10-11,13,15H,3-9H2,1-2H3. The number of ether oxygens (including phenoxy) is 1. The molecular weight excluding hydrogens is 220 g/mol. The first-order chi connectivity index (χ1) is 8.24. The van der Waals surface area contributed by atoms with Crippen molar-refractivity contribution in [3.63, 3.8) is 0 Å². The minimum atomic E-state index is -0.393. The quantitative estimate of drug-likeness (QED) is 0.689. The van der Waals surface area contributed by atoms with Gasteiger partial charge in [0.05, 0.1) is 13.2 Å². The van der Waals surface area contributed by atoms with Gasteiger partial charge in [-0.25, -0.2) is 0 Å². The van der Waals surface area contributed by atoms with Crippen molar-refractivity contribution in [2.45, 2.75) is 38.8 Å². The maximum atomic E-state index is 12.3. The van der Waals surface area contributed by atoms with Crippen molar-refractivity contribution in [2.24, 2.45) is 0 Å². The molecule has 1 fully saturated rings. The van der Waals surface area contributed by atoms with Crippen LogP contribution in [0.4, 0.5) is 0 Å². The molecule has 0 aromatic rings. The van der Waals surface area contributed by atoms with Gasteiger partial charge in [0.2, 0.25) is 0 Å². The van der Waals surface area contributed by atoms with Crippen molar-refractivity contribution in [1.29, 1.82) is 0 Å². The highest BCUT2D eigenvalue weighted by atomic mass is 16.5. The van der Waals surface area contributed by atoms with Crippen molar-refractivity contribution in [3.05, 3.63) is 0 Å². The number of carbonyl (C=O) groups excluding carboxylic acids is 1. The summed E-state index contributed by atoms with van der Waals surface area (Å²) in [6.45, 7) is 6.47. The Labute approximate surface area is 103 Å². The zero-order chi connectivity index (χ0) is 12.7. The highest BCUT2D eigenvalue weighted by Crippen LogP contribution is 2.12. The van der Waals surface area contributed by atoms with Crippen molar-refractivity contribution in [3.8, 4) is 0 Å². The van der Waals surface area contributed by atoms with E-state index in [1.807, 2.05) is 0 Å². The van der Waals surface area contributed by atoms with Crippen LogP contribution in [0.15, 0.2) is 0 Å². The molecule has 0 spiro atoms. The number of nitrogens with one attached hydrogen (secondary N) is 1. The summed E-state index contributed by atoms with van der Waals surface area (Å²) in [6, 6.07) is 0.195. The zero-order valence-electron chi connectivity index (χ0n) is 10.8. The number of nitrogens with zero attached hydrogens (tertiary/aromatic N) is 1. The fourth-order valence-electron chi connectivity index (χ4n) is 2.22. The molecule has 1 atom stereocenters. The summed E-state index contributed by atoms with van der Waals surface area (Å²) >= 11 is 0. The monoisotopic (exact) mass is 244 g/mol. The Balaban J connectivity index is 2.63. The molecule has 1 aliphatic rings. The molecule has 0 aliphatic carbocycles. The number of aliphatic hydroxyl groups is 1. The Kier molecular flexibility index (Phi) is 6.47. The molecule has 1 unspecified atom stereocenters. The lowest BCUT2D eigenvalue weighted by molar-refractivity contribution is -0.148. The smallest absolute Gasteiger partial charge is 0.253 e. The minimum absolute atomic E-state index is 0.0000463. The molecule has 1 aliphatic heterocycles. The predicted molar refractivity (Wildman–Crippen MR) is 65.8 cm³/mol. The van der Waals surface area contributed by atoms with E-state index in [0.29, 0.717) is 19.7 Å². The lowest BCUT2D eigenvalue weighted by Gasteiger charge is -2.34. The molecule has 0 aromatic heterocycles. The second kappa shape index (κ2) is 7.63. The van der Waals surface area contributed by atoms with E-state index in [-0.39, 0.29) is 18.6 Å². The fourth-order valence-corrected chi connectivity index (χ4v) is 2.22. The molecular formula is C12H24N2O3. The van der Waals surface area contributed by atoms with Gasteiger partial charge >= 0.3 is 0 Å². The van der Waals surface area contributed by atoms with E-state index < -0.39 is 6.10 Å². The molecule has 100 valence electrons. The first kappa shape index (κ1) is 14.4. The van der Waals surface area contributed by atoms with E-state index in [2.05, 4.69) is 19.2 Å². The van der Waals surface area contributed by atoms with E-state index in [1.54, 1.807) is 4.90 Å². The summed E-state index contributed by atoms with van der Waals surface area (Å²) in [5.74, 6) is -0.0000463. The number of hydrogen-bond acceptors (Lipinski definition) is 4. The molecule has 5 nitrogen and oxygen atoms in total. The van der Waals surface area contributed by atoms with E-state index in [4.69, 9.17) is 9.84 Å². The third-order valence-corrected chi connectivity index (χ3v) is 3.21. The first-order valence-corrected chi connectivity index (χ1v) is 6.48. The highest BCUT2D eigenvalue weighted by molar-refractivity contribution is 5.81. The van der Waals surface area contributed by atoms with Gasteiger partial charge in [0.15, 0.2) is 0 Å². The molecule has 5 heteroatoms. The molecule has 17 heavy (non-hydrogen) atoms. The van der Waals surface area contributed by atoms with Crippen LogP contribution in [0.3, 0.4) is 0 Å². The average Bonchev–Trinajstić information content (AvgIpc) is 2.39. The van der Waals surface area contributed by atoms with E-state index in [0.717, 1.165) is 19.4 Å². The van der Waals surface area contributed by atoms with Crippen LogP contribution < -0.4 is 5.32 Å². The Morgan fingerprint density at radius 1 is 1.53 bits per heavy atom. The van der Waals surface area contributed by atoms with E-state index >= 15 is 0 Å². The van der Waals surface area contributed by atoms with Gasteiger partial charge in [-0.05, 0) is 12.8 Å². The van der Waals surface area contributed by atoms with Gasteiger partial charge in [-0.15, -0.1) is 0 Å². The molecule has 1 saturated heterocycles. The third-order valence-electron chi connectivity index (χ3n) is 3.21. The van der Waals surface area contributed by atoms with Crippen molar-refractivity contribution in [2.75, 3.05) is 32.8 Å². The Morgan fingerprint density at radius 3 is 2.71 bits per heavy atom. The van der Waals surface area contributed by atoms with Crippen LogP contribution in [0.2, 0.25) is 0 Å². The highest BCUT2D eigenvalue weighted by Gasteiger charge is 2.29. The van der Waals surface area contributed by atoms with Crippen molar-refractivity contribution >= 4 is 5.91 Å². The molecule has 0 saturated carbocycles. The largest absolute Gasteiger partial charge is 0.395 e. The fraction of sp³-hybridized carbons (Fsp3) is 0.917. The van der Waals surface area contributed by atoms with Gasteiger partial charge in [0, 0.05) is 25.7 Å². The molecule has 1 amide bonds. The summed E-state index contributed by atoms with van der Waals surface area (Å²) in [5, 5.41) is 12.2. The Bertz CT molecular complexity index is 226. The molecule has 2 N–H and O–H groups in total. The Hall–Kier alpha value is -0.650. The van der Waals surface area contributed by atoms with Gasteiger partial charge in [-0.2, -0.15) is 0 Å². The molecule has 1 heterocycles. The van der Waals surface area contributed by atoms with Gasteiger partial charge in [-0.1, -0.05) is 13.8 Å². The Morgan fingerprint density at radius 2 is 2.24 bits per heavy atom. The molecule has 0 bridgehead atoms. The first-order valence-electron chi connectivity index (χ1n) is 6.48. The van der Waals surface area contributed by atoms with Crippen LogP contribution in [0.25, 0.3) is 0 Å². The minimum Gasteiger partial charge on any atom is -0.395 e. The summed E-state index contributed by atoms with van der Waals surface area (Å²) < 4.78 is 5.47. The topological polar surface area (TPSA) is 61.8 Å². The average molecular weight is 244 g/mol.